The molecule has 2 aliphatic heterocycles. The smallest absolute Gasteiger partial charge is 0.409 e. The first-order chi connectivity index (χ1) is 14.5. The van der Waals surface area contributed by atoms with Gasteiger partial charge in [0.05, 0.1) is 6.61 Å². The number of benzene rings is 1. The lowest BCUT2D eigenvalue weighted by atomic mass is 10.0. The maximum Gasteiger partial charge on any atom is 0.409 e. The Balaban J connectivity index is 1.83. The molecule has 2 heterocycles. The molecule has 0 aliphatic carbocycles. The van der Waals surface area contributed by atoms with Crippen molar-refractivity contribution in [2.24, 2.45) is 0 Å². The molecule has 1 aromatic rings. The average Bonchev–Trinajstić information content (AvgIpc) is 2.75. The summed E-state index contributed by atoms with van der Waals surface area (Å²) in [7, 11) is 0. The van der Waals surface area contributed by atoms with Crippen LogP contribution in [0.5, 0.6) is 0 Å². The molecule has 0 radical (unpaired) electrons. The zero-order valence-electron chi connectivity index (χ0n) is 16.8. The molecule has 2 aliphatic rings. The van der Waals surface area contributed by atoms with E-state index in [2.05, 4.69) is 16.8 Å². The van der Waals surface area contributed by atoms with Crippen LogP contribution in [0.1, 0.15) is 12.5 Å². The highest BCUT2D eigenvalue weighted by Gasteiger charge is 2.33. The van der Waals surface area contributed by atoms with Crippen LogP contribution < -0.4 is 10.2 Å². The highest BCUT2D eigenvalue weighted by molar-refractivity contribution is 7.80. The summed E-state index contributed by atoms with van der Waals surface area (Å²) < 4.78 is 5.06. The average molecular weight is 429 g/mol. The monoisotopic (exact) mass is 428 g/mol. The van der Waals surface area contributed by atoms with Gasteiger partial charge in [-0.3, -0.25) is 19.8 Å². The second-order valence-corrected chi connectivity index (χ2v) is 7.14. The van der Waals surface area contributed by atoms with Gasteiger partial charge >= 0.3 is 6.09 Å². The highest BCUT2D eigenvalue weighted by atomic mass is 32.1. The number of thiocarbonyl (C=S) groups is 1. The molecule has 30 heavy (non-hydrogen) atoms. The summed E-state index contributed by atoms with van der Waals surface area (Å²) in [4.78, 5) is 42.2. The molecule has 0 saturated carbocycles. The number of rotatable bonds is 5. The first kappa shape index (κ1) is 21.5. The van der Waals surface area contributed by atoms with Gasteiger partial charge in [0.1, 0.15) is 5.57 Å². The molecule has 3 amide bonds. The number of nitrogens with zero attached hydrogens (tertiary/aromatic N) is 3. The standard InChI is InChI=1S/C21H24N4O4S/c1-3-9-25-19(27)16(18(26)22-20(25)30)14-15-7-5-6-8-17(15)23-10-12-24(13-11-23)21(28)29-4-2/h3,5-8,14H,1,4,9-13H2,2H3,(H,22,26,30). The van der Waals surface area contributed by atoms with Gasteiger partial charge < -0.3 is 14.5 Å². The van der Waals surface area contributed by atoms with Crippen molar-refractivity contribution < 1.29 is 19.1 Å². The fourth-order valence-corrected chi connectivity index (χ4v) is 3.64. The third kappa shape index (κ3) is 4.51. The molecule has 0 bridgehead atoms. The SMILES string of the molecule is C=CCN1C(=O)C(=Cc2ccccc2N2CCN(C(=O)OCC)CC2)C(=O)NC1=S. The maximum atomic E-state index is 12.8. The summed E-state index contributed by atoms with van der Waals surface area (Å²) in [5.74, 6) is -0.974. The molecular formula is C21H24N4O4S. The lowest BCUT2D eigenvalue weighted by molar-refractivity contribution is -0.128. The van der Waals surface area contributed by atoms with Crippen LogP contribution in [0.25, 0.3) is 6.08 Å². The minimum absolute atomic E-state index is 0.0167. The van der Waals surface area contributed by atoms with Gasteiger partial charge in [0.25, 0.3) is 11.8 Å². The predicted molar refractivity (Wildman–Crippen MR) is 118 cm³/mol. The van der Waals surface area contributed by atoms with Crippen molar-refractivity contribution in [3.8, 4) is 0 Å². The Labute approximate surface area is 180 Å². The van der Waals surface area contributed by atoms with E-state index in [1.54, 1.807) is 24.0 Å². The van der Waals surface area contributed by atoms with Crippen molar-refractivity contribution in [1.82, 2.24) is 15.1 Å². The zero-order valence-corrected chi connectivity index (χ0v) is 17.6. The van der Waals surface area contributed by atoms with Crippen LogP contribution in [-0.4, -0.2) is 72.2 Å². The van der Waals surface area contributed by atoms with Crippen molar-refractivity contribution in [2.45, 2.75) is 6.92 Å². The predicted octanol–water partition coefficient (Wildman–Crippen LogP) is 1.78. The summed E-state index contributed by atoms with van der Waals surface area (Å²) in [5, 5.41) is 2.63. The minimum atomic E-state index is -0.521. The molecule has 8 nitrogen and oxygen atoms in total. The minimum Gasteiger partial charge on any atom is -0.450 e. The Bertz CT molecular complexity index is 906. The van der Waals surface area contributed by atoms with E-state index < -0.39 is 11.8 Å². The van der Waals surface area contributed by atoms with Crippen LogP contribution in [-0.2, 0) is 14.3 Å². The van der Waals surface area contributed by atoms with Crippen molar-refractivity contribution >= 4 is 47.0 Å². The Morgan fingerprint density at radius 2 is 1.93 bits per heavy atom. The maximum absolute atomic E-state index is 12.8. The topological polar surface area (TPSA) is 82.2 Å². The number of anilines is 1. The van der Waals surface area contributed by atoms with Crippen LogP contribution in [0.3, 0.4) is 0 Å². The number of hydrogen-bond donors (Lipinski definition) is 1. The van der Waals surface area contributed by atoms with Crippen molar-refractivity contribution in [2.75, 3.05) is 44.2 Å². The van der Waals surface area contributed by atoms with Crippen LogP contribution in [0, 0.1) is 0 Å². The van der Waals surface area contributed by atoms with Gasteiger partial charge in [-0.05, 0) is 36.8 Å². The van der Waals surface area contributed by atoms with Gasteiger partial charge in [-0.25, -0.2) is 4.79 Å². The number of nitrogens with one attached hydrogen (secondary N) is 1. The largest absolute Gasteiger partial charge is 0.450 e. The Kier molecular flexibility index (Phi) is 6.83. The lowest BCUT2D eigenvalue weighted by Crippen LogP contribution is -2.53. The van der Waals surface area contributed by atoms with E-state index in [1.807, 2.05) is 24.3 Å². The normalized spacial score (nSPS) is 18.5. The van der Waals surface area contributed by atoms with Crippen molar-refractivity contribution in [3.05, 3.63) is 48.1 Å². The van der Waals surface area contributed by atoms with Gasteiger partial charge in [0.2, 0.25) is 0 Å². The molecule has 2 saturated heterocycles. The second kappa shape index (κ2) is 9.53. The van der Waals surface area contributed by atoms with E-state index in [0.29, 0.717) is 32.8 Å². The second-order valence-electron chi connectivity index (χ2n) is 6.75. The highest BCUT2D eigenvalue weighted by Crippen LogP contribution is 2.25. The number of ether oxygens (including phenoxy) is 1. The molecule has 2 fully saturated rings. The lowest BCUT2D eigenvalue weighted by Gasteiger charge is -2.36. The van der Waals surface area contributed by atoms with Crippen molar-refractivity contribution in [3.63, 3.8) is 0 Å². The van der Waals surface area contributed by atoms with Gasteiger partial charge in [-0.1, -0.05) is 24.3 Å². The van der Waals surface area contributed by atoms with Crippen LogP contribution >= 0.6 is 12.2 Å². The molecular weight excluding hydrogens is 404 g/mol. The number of para-hydroxylation sites is 1. The fraction of sp³-hybridized carbons (Fsp3) is 0.333. The van der Waals surface area contributed by atoms with Crippen LogP contribution in [0.15, 0.2) is 42.5 Å². The van der Waals surface area contributed by atoms with Gasteiger partial charge in [0.15, 0.2) is 5.11 Å². The van der Waals surface area contributed by atoms with E-state index in [9.17, 15) is 14.4 Å². The van der Waals surface area contributed by atoms with Gasteiger partial charge in [-0.2, -0.15) is 0 Å². The van der Waals surface area contributed by atoms with E-state index in [0.717, 1.165) is 11.3 Å². The summed E-state index contributed by atoms with van der Waals surface area (Å²) >= 11 is 5.09. The molecule has 1 N–H and O–H groups in total. The molecule has 0 unspecified atom stereocenters. The summed E-state index contributed by atoms with van der Waals surface area (Å²) in [6.45, 7) is 8.27. The summed E-state index contributed by atoms with van der Waals surface area (Å²) in [6.07, 6.45) is 2.83. The third-order valence-corrected chi connectivity index (χ3v) is 5.20. The first-order valence-corrected chi connectivity index (χ1v) is 10.1. The molecule has 3 rings (SSSR count). The zero-order chi connectivity index (χ0) is 21.7. The number of amides is 3. The molecule has 158 valence electrons. The third-order valence-electron chi connectivity index (χ3n) is 4.88. The van der Waals surface area contributed by atoms with Crippen LogP contribution in [0.2, 0.25) is 0 Å². The molecule has 0 spiro atoms. The first-order valence-electron chi connectivity index (χ1n) is 9.71. The number of carbonyl (C=O) groups is 3. The van der Waals surface area contributed by atoms with Crippen molar-refractivity contribution in [1.29, 1.82) is 0 Å². The van der Waals surface area contributed by atoms with Gasteiger partial charge in [0, 0.05) is 38.4 Å². The molecule has 1 aromatic carbocycles. The van der Waals surface area contributed by atoms with Crippen LogP contribution in [0.4, 0.5) is 10.5 Å². The van der Waals surface area contributed by atoms with E-state index in [4.69, 9.17) is 17.0 Å². The Morgan fingerprint density at radius 1 is 1.23 bits per heavy atom. The van der Waals surface area contributed by atoms with Gasteiger partial charge in [-0.15, -0.1) is 6.58 Å². The number of carbonyl (C=O) groups excluding carboxylic acids is 3. The fourth-order valence-electron chi connectivity index (χ4n) is 3.39. The Morgan fingerprint density at radius 3 is 2.60 bits per heavy atom. The molecule has 0 aromatic heterocycles. The Hall–Kier alpha value is -3.20. The number of hydrogen-bond acceptors (Lipinski definition) is 6. The molecule has 9 heteroatoms. The number of piperazine rings is 1. The molecule has 0 atom stereocenters. The summed E-state index contributed by atoms with van der Waals surface area (Å²) in [5.41, 5.74) is 1.65. The summed E-state index contributed by atoms with van der Waals surface area (Å²) in [6, 6.07) is 7.54. The quantitative estimate of drug-likeness (QED) is 0.333. The van der Waals surface area contributed by atoms with E-state index in [1.165, 1.54) is 4.90 Å². The van der Waals surface area contributed by atoms with E-state index >= 15 is 0 Å². The van der Waals surface area contributed by atoms with E-state index in [-0.39, 0.29) is 23.3 Å².